The summed E-state index contributed by atoms with van der Waals surface area (Å²) in [6, 6.07) is 4.36. The summed E-state index contributed by atoms with van der Waals surface area (Å²) in [6.45, 7) is 5.78. The maximum Gasteiger partial charge on any atom is 0.0462 e. The third kappa shape index (κ3) is 2.10. The van der Waals surface area contributed by atoms with Gasteiger partial charge in [-0.15, -0.1) is 0 Å². The molecule has 2 rings (SSSR count). The Labute approximate surface area is 91.9 Å². The fourth-order valence-electron chi connectivity index (χ4n) is 2.82. The smallest absolute Gasteiger partial charge is 0.0462 e. The molecule has 0 spiro atoms. The molecule has 15 heavy (non-hydrogen) atoms. The molecule has 0 aliphatic heterocycles. The van der Waals surface area contributed by atoms with E-state index >= 15 is 0 Å². The van der Waals surface area contributed by atoms with E-state index in [1.165, 1.54) is 30.7 Å². The van der Waals surface area contributed by atoms with E-state index in [-0.39, 0.29) is 0 Å². The molecule has 1 aliphatic carbocycles. The Kier molecular flexibility index (Phi) is 3.15. The summed E-state index contributed by atoms with van der Waals surface area (Å²) in [5.41, 5.74) is 2.69. The van der Waals surface area contributed by atoms with Gasteiger partial charge in [-0.05, 0) is 50.7 Å². The van der Waals surface area contributed by atoms with Crippen LogP contribution in [0.1, 0.15) is 30.7 Å². The van der Waals surface area contributed by atoms with Gasteiger partial charge in [0, 0.05) is 24.5 Å². The van der Waals surface area contributed by atoms with Gasteiger partial charge in [0.15, 0.2) is 0 Å². The first-order valence-corrected chi connectivity index (χ1v) is 5.96. The van der Waals surface area contributed by atoms with E-state index in [2.05, 4.69) is 30.5 Å². The normalized spacial score (nSPS) is 26.1. The lowest BCUT2D eigenvalue weighted by Gasteiger charge is -2.20. The van der Waals surface area contributed by atoms with E-state index in [0.717, 1.165) is 6.54 Å². The third-order valence-corrected chi connectivity index (χ3v) is 3.89. The van der Waals surface area contributed by atoms with Crippen LogP contribution in [0.4, 0.5) is 0 Å². The van der Waals surface area contributed by atoms with Crippen LogP contribution >= 0.6 is 0 Å². The van der Waals surface area contributed by atoms with Gasteiger partial charge in [0.05, 0.1) is 0 Å². The summed E-state index contributed by atoms with van der Waals surface area (Å²) >= 11 is 0. The molecule has 2 nitrogen and oxygen atoms in total. The molecule has 2 unspecified atom stereocenters. The zero-order chi connectivity index (χ0) is 10.8. The van der Waals surface area contributed by atoms with Crippen LogP contribution < -0.4 is 0 Å². The minimum atomic E-state index is 0.365. The first-order chi connectivity index (χ1) is 7.22. The second-order valence-corrected chi connectivity index (χ2v) is 4.86. The highest BCUT2D eigenvalue weighted by atomic mass is 16.3. The zero-order valence-corrected chi connectivity index (χ0v) is 9.74. The number of rotatable bonds is 3. The van der Waals surface area contributed by atoms with E-state index in [1.54, 1.807) is 0 Å². The van der Waals surface area contributed by atoms with Crippen molar-refractivity contribution >= 4 is 0 Å². The van der Waals surface area contributed by atoms with Crippen LogP contribution in [0.25, 0.3) is 0 Å². The van der Waals surface area contributed by atoms with Crippen LogP contribution in [0, 0.1) is 25.7 Å². The fourth-order valence-corrected chi connectivity index (χ4v) is 2.82. The molecule has 1 aromatic heterocycles. The lowest BCUT2D eigenvalue weighted by molar-refractivity contribution is 0.184. The number of aryl methyl sites for hydroxylation is 2. The lowest BCUT2D eigenvalue weighted by atomic mass is 9.97. The summed E-state index contributed by atoms with van der Waals surface area (Å²) in [6.07, 6.45) is 3.78. The first-order valence-electron chi connectivity index (χ1n) is 5.96. The van der Waals surface area contributed by atoms with E-state index < -0.39 is 0 Å². The Morgan fingerprint density at radius 3 is 2.40 bits per heavy atom. The van der Waals surface area contributed by atoms with Crippen LogP contribution in [0.3, 0.4) is 0 Å². The van der Waals surface area contributed by atoms with Crippen molar-refractivity contribution in [1.29, 1.82) is 0 Å². The average molecular weight is 207 g/mol. The standard InChI is InChI=1S/C13H21NO/c1-10-6-7-11(2)14(10)8-12-4-3-5-13(12)9-15/h6-7,12-13,15H,3-5,8-9H2,1-2H3. The molecule has 0 saturated heterocycles. The van der Waals surface area contributed by atoms with Gasteiger partial charge in [-0.3, -0.25) is 0 Å². The highest BCUT2D eigenvalue weighted by molar-refractivity contribution is 5.13. The van der Waals surface area contributed by atoms with Gasteiger partial charge in [0.2, 0.25) is 0 Å². The molecule has 1 saturated carbocycles. The lowest BCUT2D eigenvalue weighted by Crippen LogP contribution is -2.19. The topological polar surface area (TPSA) is 25.2 Å². The molecular weight excluding hydrogens is 186 g/mol. The van der Waals surface area contributed by atoms with Crippen molar-refractivity contribution < 1.29 is 5.11 Å². The molecule has 84 valence electrons. The summed E-state index contributed by atoms with van der Waals surface area (Å²) in [5.74, 6) is 1.21. The molecule has 0 aromatic carbocycles. The van der Waals surface area contributed by atoms with E-state index in [4.69, 9.17) is 0 Å². The number of nitrogens with zero attached hydrogens (tertiary/aromatic N) is 1. The van der Waals surface area contributed by atoms with Crippen molar-refractivity contribution in [2.75, 3.05) is 6.61 Å². The Morgan fingerprint density at radius 2 is 1.80 bits per heavy atom. The third-order valence-electron chi connectivity index (χ3n) is 3.89. The molecule has 1 aromatic rings. The number of aliphatic hydroxyl groups excluding tert-OH is 1. The van der Waals surface area contributed by atoms with Gasteiger partial charge in [-0.1, -0.05) is 6.42 Å². The van der Waals surface area contributed by atoms with Crippen LogP contribution in [0.2, 0.25) is 0 Å². The van der Waals surface area contributed by atoms with Crippen molar-refractivity contribution in [3.63, 3.8) is 0 Å². The molecule has 1 heterocycles. The second-order valence-electron chi connectivity index (χ2n) is 4.86. The SMILES string of the molecule is Cc1ccc(C)n1CC1CCCC1CO. The molecule has 0 bridgehead atoms. The molecule has 0 amide bonds. The maximum absolute atomic E-state index is 9.29. The van der Waals surface area contributed by atoms with Gasteiger partial charge in [0.25, 0.3) is 0 Å². The minimum Gasteiger partial charge on any atom is -0.396 e. The van der Waals surface area contributed by atoms with Crippen LogP contribution in [-0.2, 0) is 6.54 Å². The van der Waals surface area contributed by atoms with E-state index in [9.17, 15) is 5.11 Å². The molecule has 1 N–H and O–H groups in total. The Bertz CT molecular complexity index is 310. The first kappa shape index (κ1) is 10.7. The highest BCUT2D eigenvalue weighted by Crippen LogP contribution is 2.33. The fraction of sp³-hybridized carbons (Fsp3) is 0.692. The Morgan fingerprint density at radius 1 is 1.20 bits per heavy atom. The van der Waals surface area contributed by atoms with Crippen molar-refractivity contribution in [2.45, 2.75) is 39.7 Å². The highest BCUT2D eigenvalue weighted by Gasteiger charge is 2.27. The predicted molar refractivity (Wildman–Crippen MR) is 61.8 cm³/mol. The molecular formula is C13H21NO. The van der Waals surface area contributed by atoms with Crippen LogP contribution in [0.15, 0.2) is 12.1 Å². The van der Waals surface area contributed by atoms with Crippen molar-refractivity contribution in [2.24, 2.45) is 11.8 Å². The minimum absolute atomic E-state index is 0.365. The Balaban J connectivity index is 2.08. The second kappa shape index (κ2) is 4.40. The molecule has 2 atom stereocenters. The molecule has 0 radical (unpaired) electrons. The summed E-state index contributed by atoms with van der Waals surface area (Å²) in [7, 11) is 0. The van der Waals surface area contributed by atoms with Crippen LogP contribution in [-0.4, -0.2) is 16.3 Å². The average Bonchev–Trinajstić information content (AvgIpc) is 2.79. The van der Waals surface area contributed by atoms with Gasteiger partial charge in [-0.25, -0.2) is 0 Å². The van der Waals surface area contributed by atoms with E-state index in [0.29, 0.717) is 18.4 Å². The van der Waals surface area contributed by atoms with Gasteiger partial charge in [0.1, 0.15) is 0 Å². The number of aromatic nitrogens is 1. The monoisotopic (exact) mass is 207 g/mol. The van der Waals surface area contributed by atoms with Crippen LogP contribution in [0.5, 0.6) is 0 Å². The molecule has 2 heteroatoms. The number of aliphatic hydroxyl groups is 1. The summed E-state index contributed by atoms with van der Waals surface area (Å²) in [5, 5.41) is 9.29. The summed E-state index contributed by atoms with van der Waals surface area (Å²) in [4.78, 5) is 0. The quantitative estimate of drug-likeness (QED) is 0.809. The number of hydrogen-bond donors (Lipinski definition) is 1. The molecule has 1 aliphatic rings. The predicted octanol–water partition coefficient (Wildman–Crippen LogP) is 2.51. The van der Waals surface area contributed by atoms with Gasteiger partial charge >= 0.3 is 0 Å². The largest absolute Gasteiger partial charge is 0.396 e. The maximum atomic E-state index is 9.29. The zero-order valence-electron chi connectivity index (χ0n) is 9.74. The van der Waals surface area contributed by atoms with E-state index in [1.807, 2.05) is 0 Å². The van der Waals surface area contributed by atoms with Gasteiger partial charge < -0.3 is 9.67 Å². The molecule has 1 fully saturated rings. The Hall–Kier alpha value is -0.760. The van der Waals surface area contributed by atoms with Crippen molar-refractivity contribution in [3.05, 3.63) is 23.5 Å². The van der Waals surface area contributed by atoms with Gasteiger partial charge in [-0.2, -0.15) is 0 Å². The van der Waals surface area contributed by atoms with Crippen molar-refractivity contribution in [3.8, 4) is 0 Å². The summed E-state index contributed by atoms with van der Waals surface area (Å²) < 4.78 is 2.39. The number of hydrogen-bond acceptors (Lipinski definition) is 1. The van der Waals surface area contributed by atoms with Crippen molar-refractivity contribution in [1.82, 2.24) is 4.57 Å².